The fraction of sp³-hybridized carbons (Fsp3) is 0.0769. The van der Waals surface area contributed by atoms with Crippen molar-refractivity contribution in [3.63, 3.8) is 0 Å². The van der Waals surface area contributed by atoms with Crippen LogP contribution in [0.2, 0.25) is 0 Å². The lowest BCUT2D eigenvalue weighted by molar-refractivity contribution is -0.179. The van der Waals surface area contributed by atoms with E-state index in [0.29, 0.717) is 11.1 Å². The molecule has 0 spiro atoms. The SMILES string of the molecule is OC(O)O[SiH2]c1ccc(-c2ccc(F)cc2F)cc1. The Kier molecular flexibility index (Phi) is 4.38. The van der Waals surface area contributed by atoms with E-state index in [4.69, 9.17) is 14.6 Å². The van der Waals surface area contributed by atoms with Crippen molar-refractivity contribution >= 4 is 14.9 Å². The summed E-state index contributed by atoms with van der Waals surface area (Å²) in [4.78, 5) is 0. The van der Waals surface area contributed by atoms with Crippen LogP contribution < -0.4 is 5.19 Å². The maximum atomic E-state index is 13.6. The molecule has 0 saturated carbocycles. The molecule has 0 amide bonds. The molecular weight excluding hydrogens is 270 g/mol. The number of aliphatic hydroxyl groups is 2. The molecule has 0 atom stereocenters. The molecule has 0 saturated heterocycles. The van der Waals surface area contributed by atoms with Crippen molar-refractivity contribution in [3.8, 4) is 11.1 Å². The van der Waals surface area contributed by atoms with Gasteiger partial charge in [-0.05, 0) is 22.9 Å². The highest BCUT2D eigenvalue weighted by molar-refractivity contribution is 6.46. The van der Waals surface area contributed by atoms with Gasteiger partial charge in [0.15, 0.2) is 9.76 Å². The van der Waals surface area contributed by atoms with Gasteiger partial charge in [-0.3, -0.25) is 0 Å². The zero-order valence-electron chi connectivity index (χ0n) is 9.88. The van der Waals surface area contributed by atoms with Gasteiger partial charge in [-0.15, -0.1) is 0 Å². The largest absolute Gasteiger partial charge is 0.373 e. The van der Waals surface area contributed by atoms with Crippen LogP contribution in [0.4, 0.5) is 8.78 Å². The summed E-state index contributed by atoms with van der Waals surface area (Å²) in [5.41, 5.74) is 0.942. The van der Waals surface area contributed by atoms with Crippen molar-refractivity contribution in [3.05, 3.63) is 54.1 Å². The molecule has 0 fully saturated rings. The molecule has 0 aliphatic heterocycles. The van der Waals surface area contributed by atoms with Gasteiger partial charge in [0.2, 0.25) is 0 Å². The standard InChI is InChI=1S/C13H12F2O3Si/c14-9-3-6-11(12(15)7-9)8-1-4-10(5-2-8)19-18-13(16)17/h1-7,13,16-17H,19H2. The van der Waals surface area contributed by atoms with E-state index in [0.717, 1.165) is 11.3 Å². The number of hydrogen-bond acceptors (Lipinski definition) is 3. The zero-order valence-corrected chi connectivity index (χ0v) is 11.3. The number of rotatable bonds is 4. The first-order valence-corrected chi connectivity index (χ1v) is 6.87. The number of halogens is 2. The van der Waals surface area contributed by atoms with E-state index in [-0.39, 0.29) is 0 Å². The Morgan fingerprint density at radius 1 is 1.00 bits per heavy atom. The van der Waals surface area contributed by atoms with Gasteiger partial charge in [0, 0.05) is 11.6 Å². The average Bonchev–Trinajstić information content (AvgIpc) is 2.37. The molecule has 2 aromatic carbocycles. The summed E-state index contributed by atoms with van der Waals surface area (Å²) in [5.74, 6) is -1.23. The lowest BCUT2D eigenvalue weighted by atomic mass is 10.1. The third-order valence-electron chi connectivity index (χ3n) is 2.60. The van der Waals surface area contributed by atoms with E-state index >= 15 is 0 Å². The molecule has 0 aliphatic rings. The fourth-order valence-electron chi connectivity index (χ4n) is 1.67. The van der Waals surface area contributed by atoms with Crippen LogP contribution in [0.25, 0.3) is 11.1 Å². The van der Waals surface area contributed by atoms with E-state index in [1.165, 1.54) is 12.1 Å². The predicted octanol–water partition coefficient (Wildman–Crippen LogP) is 0.626. The van der Waals surface area contributed by atoms with E-state index in [1.807, 2.05) is 0 Å². The van der Waals surface area contributed by atoms with Crippen molar-refractivity contribution < 1.29 is 23.4 Å². The summed E-state index contributed by atoms with van der Waals surface area (Å²) in [6, 6.07) is 10.2. The minimum atomic E-state index is -1.76. The van der Waals surface area contributed by atoms with Crippen LogP contribution in [0.1, 0.15) is 0 Å². The van der Waals surface area contributed by atoms with Gasteiger partial charge in [-0.1, -0.05) is 24.3 Å². The summed E-state index contributed by atoms with van der Waals surface area (Å²) < 4.78 is 31.1. The predicted molar refractivity (Wildman–Crippen MR) is 69.3 cm³/mol. The molecule has 6 heteroatoms. The Morgan fingerprint density at radius 3 is 2.26 bits per heavy atom. The van der Waals surface area contributed by atoms with Gasteiger partial charge in [-0.25, -0.2) is 8.78 Å². The molecule has 3 nitrogen and oxygen atoms in total. The fourth-order valence-corrected chi connectivity index (χ4v) is 2.44. The molecule has 2 aromatic rings. The first kappa shape index (κ1) is 13.8. The van der Waals surface area contributed by atoms with Crippen LogP contribution in [-0.4, -0.2) is 26.5 Å². The minimum Gasteiger partial charge on any atom is -0.373 e. The summed E-state index contributed by atoms with van der Waals surface area (Å²) >= 11 is 0. The second-order valence-corrected chi connectivity index (χ2v) is 5.40. The minimum absolute atomic E-state index is 0.317. The second kappa shape index (κ2) is 6.03. The third-order valence-corrected chi connectivity index (χ3v) is 3.86. The molecule has 2 N–H and O–H groups in total. The summed E-state index contributed by atoms with van der Waals surface area (Å²) in [6.45, 7) is -1.76. The molecule has 0 radical (unpaired) electrons. The molecular formula is C13H12F2O3Si. The normalized spacial score (nSPS) is 11.6. The molecule has 0 aliphatic carbocycles. The number of hydrogen-bond donors (Lipinski definition) is 2. The Bertz CT molecular complexity index is 558. The molecule has 0 bridgehead atoms. The Balaban J connectivity index is 2.18. The lowest BCUT2D eigenvalue weighted by Crippen LogP contribution is -2.23. The Morgan fingerprint density at radius 2 is 1.68 bits per heavy atom. The first-order valence-electron chi connectivity index (χ1n) is 5.58. The average molecular weight is 282 g/mol. The van der Waals surface area contributed by atoms with Crippen molar-refractivity contribution in [1.82, 2.24) is 0 Å². The highest BCUT2D eigenvalue weighted by atomic mass is 28.2. The maximum Gasteiger partial charge on any atom is 0.256 e. The van der Waals surface area contributed by atoms with Gasteiger partial charge < -0.3 is 14.6 Å². The van der Waals surface area contributed by atoms with Crippen molar-refractivity contribution in [1.29, 1.82) is 0 Å². The van der Waals surface area contributed by atoms with Crippen LogP contribution in [0.3, 0.4) is 0 Å². The summed E-state index contributed by atoms with van der Waals surface area (Å²) in [6.07, 6.45) is 0. The molecule has 0 heterocycles. The third kappa shape index (κ3) is 3.68. The van der Waals surface area contributed by atoms with Crippen molar-refractivity contribution in [2.45, 2.75) is 6.48 Å². The van der Waals surface area contributed by atoms with Crippen LogP contribution in [0.15, 0.2) is 42.5 Å². The van der Waals surface area contributed by atoms with E-state index in [9.17, 15) is 8.78 Å². The molecule has 19 heavy (non-hydrogen) atoms. The highest BCUT2D eigenvalue weighted by Gasteiger charge is 2.07. The van der Waals surface area contributed by atoms with Crippen molar-refractivity contribution in [2.75, 3.05) is 0 Å². The summed E-state index contributed by atoms with van der Waals surface area (Å²) in [7, 11) is -1.22. The number of benzene rings is 2. The van der Waals surface area contributed by atoms with Crippen LogP contribution in [-0.2, 0) is 4.43 Å². The smallest absolute Gasteiger partial charge is 0.256 e. The lowest BCUT2D eigenvalue weighted by Gasteiger charge is -2.07. The van der Waals surface area contributed by atoms with Crippen molar-refractivity contribution in [2.24, 2.45) is 0 Å². The van der Waals surface area contributed by atoms with Gasteiger partial charge in [0.05, 0.1) is 0 Å². The van der Waals surface area contributed by atoms with E-state index in [2.05, 4.69) is 0 Å². The Hall–Kier alpha value is -1.60. The number of aliphatic hydroxyl groups excluding tert-OH is 1. The van der Waals surface area contributed by atoms with Gasteiger partial charge in [-0.2, -0.15) is 0 Å². The van der Waals surface area contributed by atoms with E-state index < -0.39 is 27.9 Å². The van der Waals surface area contributed by atoms with Crippen LogP contribution in [0.5, 0.6) is 0 Å². The van der Waals surface area contributed by atoms with Gasteiger partial charge in [0.25, 0.3) is 6.48 Å². The topological polar surface area (TPSA) is 49.7 Å². The van der Waals surface area contributed by atoms with Crippen LogP contribution >= 0.6 is 0 Å². The molecule has 2 rings (SSSR count). The molecule has 0 unspecified atom stereocenters. The highest BCUT2D eigenvalue weighted by Crippen LogP contribution is 2.22. The van der Waals surface area contributed by atoms with Gasteiger partial charge >= 0.3 is 0 Å². The second-order valence-electron chi connectivity index (χ2n) is 3.96. The first-order chi connectivity index (χ1) is 9.06. The molecule has 100 valence electrons. The monoisotopic (exact) mass is 282 g/mol. The van der Waals surface area contributed by atoms with Crippen LogP contribution in [0, 0.1) is 11.6 Å². The van der Waals surface area contributed by atoms with Gasteiger partial charge in [0.1, 0.15) is 11.6 Å². The molecule has 0 aromatic heterocycles. The Labute approximate surface area is 111 Å². The zero-order chi connectivity index (χ0) is 13.8. The quantitative estimate of drug-likeness (QED) is 0.639. The maximum absolute atomic E-state index is 13.6. The van der Waals surface area contributed by atoms with E-state index in [1.54, 1.807) is 24.3 Å². The summed E-state index contributed by atoms with van der Waals surface area (Å²) in [5, 5.41) is 18.0.